The minimum atomic E-state index is 0.423. The molecule has 0 radical (unpaired) electrons. The van der Waals surface area contributed by atoms with Crippen molar-refractivity contribution in [2.45, 2.75) is 52.1 Å². The molecule has 0 saturated heterocycles. The second-order valence-corrected chi connectivity index (χ2v) is 5.86. The van der Waals surface area contributed by atoms with Gasteiger partial charge in [0.05, 0.1) is 5.69 Å². The zero-order valence-corrected chi connectivity index (χ0v) is 13.6. The van der Waals surface area contributed by atoms with Crippen molar-refractivity contribution in [2.24, 2.45) is 0 Å². The molecule has 0 bridgehead atoms. The highest BCUT2D eigenvalue weighted by atomic mass is 15.3. The zero-order chi connectivity index (χ0) is 15.2. The Labute approximate surface area is 128 Å². The molecule has 2 unspecified atom stereocenters. The van der Waals surface area contributed by atoms with Gasteiger partial charge in [0.2, 0.25) is 0 Å². The number of hydrogen-bond acceptors (Lipinski definition) is 2. The van der Waals surface area contributed by atoms with Gasteiger partial charge >= 0.3 is 0 Å². The van der Waals surface area contributed by atoms with Crippen molar-refractivity contribution in [1.82, 2.24) is 15.1 Å². The lowest BCUT2D eigenvalue weighted by molar-refractivity contribution is 0.467. The summed E-state index contributed by atoms with van der Waals surface area (Å²) in [6, 6.07) is 11.7. The van der Waals surface area contributed by atoms with Crippen molar-refractivity contribution in [1.29, 1.82) is 0 Å². The molecule has 2 rings (SSSR count). The van der Waals surface area contributed by atoms with Crippen LogP contribution in [0, 0.1) is 6.92 Å². The Balaban J connectivity index is 2.02. The molecule has 0 amide bonds. The third-order valence-electron chi connectivity index (χ3n) is 4.30. The van der Waals surface area contributed by atoms with E-state index in [2.05, 4.69) is 67.3 Å². The third-order valence-corrected chi connectivity index (χ3v) is 4.30. The molecule has 0 fully saturated rings. The van der Waals surface area contributed by atoms with Crippen molar-refractivity contribution < 1.29 is 0 Å². The van der Waals surface area contributed by atoms with Crippen LogP contribution in [0.1, 0.15) is 43.1 Å². The molecule has 0 saturated carbocycles. The van der Waals surface area contributed by atoms with Crippen molar-refractivity contribution in [2.75, 3.05) is 7.05 Å². The van der Waals surface area contributed by atoms with Crippen molar-refractivity contribution in [3.05, 3.63) is 53.3 Å². The molecule has 3 nitrogen and oxygen atoms in total. The van der Waals surface area contributed by atoms with Crippen molar-refractivity contribution >= 4 is 0 Å². The molecule has 3 heteroatoms. The van der Waals surface area contributed by atoms with E-state index >= 15 is 0 Å². The molecule has 2 aromatic rings. The van der Waals surface area contributed by atoms with Gasteiger partial charge < -0.3 is 5.32 Å². The number of likely N-dealkylation sites (N-methyl/N-ethyl adjacent to an activating group) is 1. The number of nitrogens with zero attached hydrogens (tertiary/aromatic N) is 2. The van der Waals surface area contributed by atoms with Crippen LogP contribution >= 0.6 is 0 Å². The molecule has 0 aliphatic rings. The van der Waals surface area contributed by atoms with E-state index in [4.69, 9.17) is 5.10 Å². The minimum absolute atomic E-state index is 0.423. The summed E-state index contributed by atoms with van der Waals surface area (Å²) < 4.78 is 2.08. The van der Waals surface area contributed by atoms with Crippen LogP contribution < -0.4 is 5.32 Å². The summed E-state index contributed by atoms with van der Waals surface area (Å²) in [5.41, 5.74) is 3.95. The van der Waals surface area contributed by atoms with Crippen molar-refractivity contribution in [3.8, 4) is 0 Å². The first-order chi connectivity index (χ1) is 10.1. The summed E-state index contributed by atoms with van der Waals surface area (Å²) in [5.74, 6) is 0. The Morgan fingerprint density at radius 1 is 1.19 bits per heavy atom. The fraction of sp³-hybridized carbons (Fsp3) is 0.500. The predicted octanol–water partition coefficient (Wildman–Crippen LogP) is 3.54. The van der Waals surface area contributed by atoms with Gasteiger partial charge in [-0.05, 0) is 50.9 Å². The van der Waals surface area contributed by atoms with Gasteiger partial charge in [0.25, 0.3) is 0 Å². The highest BCUT2D eigenvalue weighted by molar-refractivity contribution is 5.26. The number of nitrogens with one attached hydrogen (secondary N) is 1. The van der Waals surface area contributed by atoms with E-state index in [1.165, 1.54) is 16.8 Å². The normalized spacial score (nSPS) is 14.1. The standard InChI is InChI=1S/C18H27N3/c1-5-15(3)21-11-10-17(20-21)13-18(19-4)12-16-9-7-6-8-14(16)2/h6-11,15,18-19H,5,12-13H2,1-4H3. The Kier molecular flexibility index (Phi) is 5.57. The summed E-state index contributed by atoms with van der Waals surface area (Å²) in [6.07, 6.45) is 5.22. The molecule has 0 aliphatic carbocycles. The van der Waals surface area contributed by atoms with E-state index in [-0.39, 0.29) is 0 Å². The van der Waals surface area contributed by atoms with Gasteiger partial charge in [-0.25, -0.2) is 0 Å². The summed E-state index contributed by atoms with van der Waals surface area (Å²) in [7, 11) is 2.04. The number of rotatable bonds is 7. The molecule has 0 aliphatic heterocycles. The van der Waals surface area contributed by atoms with E-state index in [9.17, 15) is 0 Å². The highest BCUT2D eigenvalue weighted by Crippen LogP contribution is 2.14. The fourth-order valence-corrected chi connectivity index (χ4v) is 2.55. The summed E-state index contributed by atoms with van der Waals surface area (Å²) >= 11 is 0. The maximum absolute atomic E-state index is 4.71. The molecule has 0 spiro atoms. The largest absolute Gasteiger partial charge is 0.316 e. The third kappa shape index (κ3) is 4.18. The SMILES string of the molecule is CCC(C)n1ccc(CC(Cc2ccccc2C)NC)n1. The number of aryl methyl sites for hydroxylation is 1. The summed E-state index contributed by atoms with van der Waals surface area (Å²) in [5, 5.41) is 8.14. The Hall–Kier alpha value is -1.61. The van der Waals surface area contributed by atoms with E-state index in [0.717, 1.165) is 19.3 Å². The van der Waals surface area contributed by atoms with Gasteiger partial charge in [0.1, 0.15) is 0 Å². The van der Waals surface area contributed by atoms with Crippen LogP contribution in [0.3, 0.4) is 0 Å². The second kappa shape index (κ2) is 7.41. The average molecular weight is 285 g/mol. The first-order valence-electron chi connectivity index (χ1n) is 7.89. The minimum Gasteiger partial charge on any atom is -0.316 e. The van der Waals surface area contributed by atoms with Crippen LogP contribution in [0.4, 0.5) is 0 Å². The van der Waals surface area contributed by atoms with E-state index in [0.29, 0.717) is 12.1 Å². The molecule has 1 aromatic heterocycles. The molecule has 21 heavy (non-hydrogen) atoms. The van der Waals surface area contributed by atoms with Gasteiger partial charge in [0.15, 0.2) is 0 Å². The first-order valence-corrected chi connectivity index (χ1v) is 7.89. The quantitative estimate of drug-likeness (QED) is 0.843. The molecule has 2 atom stereocenters. The lowest BCUT2D eigenvalue weighted by Gasteiger charge is -2.16. The van der Waals surface area contributed by atoms with Gasteiger partial charge in [-0.3, -0.25) is 4.68 Å². The molecular weight excluding hydrogens is 258 g/mol. The lowest BCUT2D eigenvalue weighted by atomic mass is 9.98. The van der Waals surface area contributed by atoms with E-state index in [1.54, 1.807) is 0 Å². The molecule has 114 valence electrons. The smallest absolute Gasteiger partial charge is 0.0640 e. The number of benzene rings is 1. The molecular formula is C18H27N3. The molecule has 1 heterocycles. The van der Waals surface area contributed by atoms with Gasteiger partial charge in [-0.1, -0.05) is 31.2 Å². The van der Waals surface area contributed by atoms with E-state index in [1.807, 2.05) is 7.05 Å². The van der Waals surface area contributed by atoms with Crippen LogP contribution in [0.25, 0.3) is 0 Å². The fourth-order valence-electron chi connectivity index (χ4n) is 2.55. The maximum Gasteiger partial charge on any atom is 0.0640 e. The number of hydrogen-bond donors (Lipinski definition) is 1. The summed E-state index contributed by atoms with van der Waals surface area (Å²) in [6.45, 7) is 6.58. The Morgan fingerprint density at radius 3 is 2.62 bits per heavy atom. The van der Waals surface area contributed by atoms with Gasteiger partial charge in [-0.2, -0.15) is 5.10 Å². The maximum atomic E-state index is 4.71. The highest BCUT2D eigenvalue weighted by Gasteiger charge is 2.12. The average Bonchev–Trinajstić information content (AvgIpc) is 2.96. The first kappa shape index (κ1) is 15.8. The lowest BCUT2D eigenvalue weighted by Crippen LogP contribution is -2.30. The van der Waals surface area contributed by atoms with Gasteiger partial charge in [0, 0.05) is 24.7 Å². The Bertz CT molecular complexity index is 559. The molecule has 1 N–H and O–H groups in total. The Morgan fingerprint density at radius 2 is 1.95 bits per heavy atom. The molecule has 1 aromatic carbocycles. The van der Waals surface area contributed by atoms with Gasteiger partial charge in [-0.15, -0.1) is 0 Å². The monoisotopic (exact) mass is 285 g/mol. The summed E-state index contributed by atoms with van der Waals surface area (Å²) in [4.78, 5) is 0. The zero-order valence-electron chi connectivity index (χ0n) is 13.6. The van der Waals surface area contributed by atoms with Crippen LogP contribution in [0.5, 0.6) is 0 Å². The van der Waals surface area contributed by atoms with Crippen LogP contribution in [-0.2, 0) is 12.8 Å². The van der Waals surface area contributed by atoms with E-state index < -0.39 is 0 Å². The van der Waals surface area contributed by atoms with Crippen molar-refractivity contribution in [3.63, 3.8) is 0 Å². The number of aromatic nitrogens is 2. The second-order valence-electron chi connectivity index (χ2n) is 5.86. The van der Waals surface area contributed by atoms with Crippen LogP contribution in [0.2, 0.25) is 0 Å². The van der Waals surface area contributed by atoms with Crippen LogP contribution in [-0.4, -0.2) is 22.9 Å². The predicted molar refractivity (Wildman–Crippen MR) is 88.7 cm³/mol. The topological polar surface area (TPSA) is 29.9 Å². The van der Waals surface area contributed by atoms with Crippen LogP contribution in [0.15, 0.2) is 36.5 Å².